The highest BCUT2D eigenvalue weighted by atomic mass is 16.5. The average molecular weight is 309 g/mol. The van der Waals surface area contributed by atoms with E-state index in [1.165, 1.54) is 5.56 Å². The lowest BCUT2D eigenvalue weighted by atomic mass is 9.89. The molecule has 1 heterocycles. The molecule has 0 aliphatic carbocycles. The molecule has 1 aliphatic heterocycles. The summed E-state index contributed by atoms with van der Waals surface area (Å²) < 4.78 is 5.19. The Hall–Kier alpha value is -2.13. The zero-order valence-corrected chi connectivity index (χ0v) is 13.6. The van der Waals surface area contributed by atoms with Gasteiger partial charge in [0.05, 0.1) is 7.11 Å². The van der Waals surface area contributed by atoms with Gasteiger partial charge in [0, 0.05) is 18.0 Å². The maximum absolute atomic E-state index is 12.5. The number of Topliss-reactive ketones (excluding diaryl/α,β-unsaturated/α-hetero) is 1. The number of methoxy groups -OCH3 is 1. The third kappa shape index (κ3) is 3.99. The van der Waals surface area contributed by atoms with Crippen LogP contribution in [0.1, 0.15) is 28.8 Å². The minimum atomic E-state index is 0.171. The van der Waals surface area contributed by atoms with Gasteiger partial charge >= 0.3 is 0 Å². The molecule has 3 rings (SSSR count). The predicted octanol–water partition coefficient (Wildman–Crippen LogP) is 3.79. The van der Waals surface area contributed by atoms with E-state index in [0.29, 0.717) is 5.78 Å². The highest BCUT2D eigenvalue weighted by Crippen LogP contribution is 2.23. The molecule has 3 heteroatoms. The van der Waals surface area contributed by atoms with Gasteiger partial charge in [-0.15, -0.1) is 0 Å². The number of carbonyl (C=O) groups is 1. The maximum Gasteiger partial charge on any atom is 0.166 e. The molecule has 120 valence electrons. The zero-order chi connectivity index (χ0) is 16.1. The molecular weight excluding hydrogens is 286 g/mol. The number of hydrogen-bond acceptors (Lipinski definition) is 3. The normalized spacial score (nSPS) is 16.2. The summed E-state index contributed by atoms with van der Waals surface area (Å²) in [6.07, 6.45) is 1.90. The molecule has 2 aromatic carbocycles. The summed E-state index contributed by atoms with van der Waals surface area (Å²) in [7, 11) is 1.68. The van der Waals surface area contributed by atoms with Gasteiger partial charge in [0.25, 0.3) is 0 Å². The lowest BCUT2D eigenvalue weighted by Gasteiger charge is -2.31. The number of nitrogens with zero attached hydrogens (tertiary/aromatic N) is 1. The van der Waals surface area contributed by atoms with Crippen LogP contribution in [0.25, 0.3) is 0 Å². The van der Waals surface area contributed by atoms with Gasteiger partial charge < -0.3 is 4.74 Å². The predicted molar refractivity (Wildman–Crippen MR) is 91.8 cm³/mol. The molecule has 1 saturated heterocycles. The van der Waals surface area contributed by atoms with Gasteiger partial charge in [-0.1, -0.05) is 42.5 Å². The smallest absolute Gasteiger partial charge is 0.166 e. The Morgan fingerprint density at radius 1 is 1.04 bits per heavy atom. The number of piperidine rings is 1. The number of likely N-dealkylation sites (tertiary alicyclic amines) is 1. The van der Waals surface area contributed by atoms with E-state index in [1.807, 2.05) is 42.5 Å². The summed E-state index contributed by atoms with van der Waals surface area (Å²) in [5, 5.41) is 0. The number of ketones is 1. The minimum absolute atomic E-state index is 0.171. The van der Waals surface area contributed by atoms with Gasteiger partial charge in [0.1, 0.15) is 5.75 Å². The lowest BCUT2D eigenvalue weighted by molar-refractivity contribution is 0.0835. The molecule has 0 unspecified atom stereocenters. The highest BCUT2D eigenvalue weighted by Gasteiger charge is 2.25. The molecule has 0 atom stereocenters. The van der Waals surface area contributed by atoms with Gasteiger partial charge in [-0.05, 0) is 43.6 Å². The van der Waals surface area contributed by atoms with E-state index in [4.69, 9.17) is 4.74 Å². The summed E-state index contributed by atoms with van der Waals surface area (Å²) in [5.74, 6) is 1.36. The van der Waals surface area contributed by atoms with Crippen molar-refractivity contribution in [3.8, 4) is 5.75 Å². The van der Waals surface area contributed by atoms with Gasteiger partial charge in [0.15, 0.2) is 5.78 Å². The molecular formula is C20H23NO2. The first-order valence-corrected chi connectivity index (χ1v) is 8.21. The van der Waals surface area contributed by atoms with Crippen LogP contribution in [-0.2, 0) is 6.54 Å². The Balaban J connectivity index is 1.53. The second-order valence-electron chi connectivity index (χ2n) is 6.13. The van der Waals surface area contributed by atoms with Crippen LogP contribution >= 0.6 is 0 Å². The van der Waals surface area contributed by atoms with Gasteiger partial charge in [-0.2, -0.15) is 0 Å². The first-order valence-electron chi connectivity index (χ1n) is 8.21. The van der Waals surface area contributed by atoms with E-state index in [1.54, 1.807) is 7.11 Å². The molecule has 3 nitrogen and oxygen atoms in total. The number of hydrogen-bond donors (Lipinski definition) is 0. The fraction of sp³-hybridized carbons (Fsp3) is 0.350. The molecule has 0 N–H and O–H groups in total. The molecule has 0 amide bonds. The number of benzene rings is 2. The first kappa shape index (κ1) is 15.8. The molecule has 0 spiro atoms. The van der Waals surface area contributed by atoms with E-state index in [0.717, 1.165) is 43.8 Å². The fourth-order valence-electron chi connectivity index (χ4n) is 3.18. The SMILES string of the molecule is COc1ccc(CN2CCC(C(=O)c3ccccc3)CC2)cc1. The molecule has 2 aromatic rings. The van der Waals surface area contributed by atoms with Crippen LogP contribution in [-0.4, -0.2) is 30.9 Å². The topological polar surface area (TPSA) is 29.5 Å². The monoisotopic (exact) mass is 309 g/mol. The van der Waals surface area contributed by atoms with Crippen molar-refractivity contribution < 1.29 is 9.53 Å². The maximum atomic E-state index is 12.5. The second-order valence-corrected chi connectivity index (χ2v) is 6.13. The fourth-order valence-corrected chi connectivity index (χ4v) is 3.18. The zero-order valence-electron chi connectivity index (χ0n) is 13.6. The van der Waals surface area contributed by atoms with Gasteiger partial charge in [0.2, 0.25) is 0 Å². The van der Waals surface area contributed by atoms with Crippen LogP contribution in [0.3, 0.4) is 0 Å². The van der Waals surface area contributed by atoms with E-state index in [9.17, 15) is 4.79 Å². The number of rotatable bonds is 5. The van der Waals surface area contributed by atoms with E-state index >= 15 is 0 Å². The van der Waals surface area contributed by atoms with Crippen molar-refractivity contribution in [3.05, 3.63) is 65.7 Å². The Bertz CT molecular complexity index is 628. The van der Waals surface area contributed by atoms with Crippen LogP contribution in [0.4, 0.5) is 0 Å². The van der Waals surface area contributed by atoms with Gasteiger partial charge in [-0.3, -0.25) is 9.69 Å². The lowest BCUT2D eigenvalue weighted by Crippen LogP contribution is -2.35. The largest absolute Gasteiger partial charge is 0.497 e. The van der Waals surface area contributed by atoms with Crippen molar-refractivity contribution in [3.63, 3.8) is 0 Å². The molecule has 0 saturated carbocycles. The average Bonchev–Trinajstić information content (AvgIpc) is 2.63. The second kappa shape index (κ2) is 7.42. The Labute approximate surface area is 137 Å². The van der Waals surface area contributed by atoms with E-state index in [2.05, 4.69) is 17.0 Å². The quantitative estimate of drug-likeness (QED) is 0.787. The van der Waals surface area contributed by atoms with Crippen LogP contribution in [0, 0.1) is 5.92 Å². The van der Waals surface area contributed by atoms with Crippen molar-refractivity contribution in [2.75, 3.05) is 20.2 Å². The molecule has 23 heavy (non-hydrogen) atoms. The first-order chi connectivity index (χ1) is 11.3. The summed E-state index contributed by atoms with van der Waals surface area (Å²) in [6.45, 7) is 2.90. The van der Waals surface area contributed by atoms with Crippen LogP contribution in [0.5, 0.6) is 5.75 Å². The Morgan fingerprint density at radius 3 is 2.30 bits per heavy atom. The third-order valence-corrected chi connectivity index (χ3v) is 4.58. The summed E-state index contributed by atoms with van der Waals surface area (Å²) in [6, 6.07) is 17.9. The van der Waals surface area contributed by atoms with Crippen molar-refractivity contribution in [1.82, 2.24) is 4.90 Å². The molecule has 1 fully saturated rings. The summed E-state index contributed by atoms with van der Waals surface area (Å²) >= 11 is 0. The van der Waals surface area contributed by atoms with Crippen LogP contribution in [0.15, 0.2) is 54.6 Å². The summed E-state index contributed by atoms with van der Waals surface area (Å²) in [4.78, 5) is 14.9. The Kier molecular flexibility index (Phi) is 5.09. The van der Waals surface area contributed by atoms with E-state index in [-0.39, 0.29) is 5.92 Å². The van der Waals surface area contributed by atoms with Crippen molar-refractivity contribution in [2.45, 2.75) is 19.4 Å². The van der Waals surface area contributed by atoms with Crippen molar-refractivity contribution in [1.29, 1.82) is 0 Å². The molecule has 1 aliphatic rings. The summed E-state index contributed by atoms with van der Waals surface area (Å²) in [5.41, 5.74) is 2.14. The molecule has 0 radical (unpaired) electrons. The third-order valence-electron chi connectivity index (χ3n) is 4.58. The minimum Gasteiger partial charge on any atom is -0.497 e. The molecule has 0 aromatic heterocycles. The van der Waals surface area contributed by atoms with Crippen LogP contribution in [0.2, 0.25) is 0 Å². The van der Waals surface area contributed by atoms with Crippen LogP contribution < -0.4 is 4.74 Å². The van der Waals surface area contributed by atoms with Crippen molar-refractivity contribution >= 4 is 5.78 Å². The highest BCUT2D eigenvalue weighted by molar-refractivity contribution is 5.97. The Morgan fingerprint density at radius 2 is 1.70 bits per heavy atom. The number of ether oxygens (including phenoxy) is 1. The number of carbonyl (C=O) groups excluding carboxylic acids is 1. The molecule has 0 bridgehead atoms. The van der Waals surface area contributed by atoms with Crippen molar-refractivity contribution in [2.24, 2.45) is 5.92 Å². The standard InChI is InChI=1S/C20H23NO2/c1-23-19-9-7-16(8-10-19)15-21-13-11-18(12-14-21)20(22)17-5-3-2-4-6-17/h2-10,18H,11-15H2,1H3. The van der Waals surface area contributed by atoms with E-state index < -0.39 is 0 Å². The van der Waals surface area contributed by atoms with Gasteiger partial charge in [-0.25, -0.2) is 0 Å².